The number of benzene rings is 1. The van der Waals surface area contributed by atoms with Crippen LogP contribution in [0.2, 0.25) is 0 Å². The summed E-state index contributed by atoms with van der Waals surface area (Å²) in [5.41, 5.74) is 0.249. The van der Waals surface area contributed by atoms with Crippen LogP contribution in [-0.2, 0) is 9.59 Å². The van der Waals surface area contributed by atoms with Crippen molar-refractivity contribution in [1.29, 1.82) is 0 Å². The molecule has 2 N–H and O–H groups in total. The van der Waals surface area contributed by atoms with Crippen LogP contribution in [0.3, 0.4) is 0 Å². The maximum atomic E-state index is 11.6. The first kappa shape index (κ1) is 10.9. The minimum Gasteiger partial charge on any atom is -0.479 e. The van der Waals surface area contributed by atoms with Gasteiger partial charge in [-0.05, 0) is 0 Å². The quantitative estimate of drug-likeness (QED) is 0.406. The third kappa shape index (κ3) is 2.63. The smallest absolute Gasteiger partial charge is 0.334 e. The summed E-state index contributed by atoms with van der Waals surface area (Å²) in [5.74, 6) is -2.02. The van der Waals surface area contributed by atoms with Gasteiger partial charge in [-0.1, -0.05) is 30.3 Å². The van der Waals surface area contributed by atoms with Crippen LogP contribution in [0.1, 0.15) is 10.4 Å². The predicted molar refractivity (Wildman–Crippen MR) is 51.4 cm³/mol. The Hall–Kier alpha value is -2.17. The first-order chi connectivity index (χ1) is 7.16. The maximum absolute atomic E-state index is 11.6. The molecule has 0 radical (unpaired) electrons. The number of hydrogen-bond donors (Lipinski definition) is 2. The average Bonchev–Trinajstić information content (AvgIpc) is 2.26. The summed E-state index contributed by atoms with van der Waals surface area (Å²) in [6.45, 7) is 0. The van der Waals surface area contributed by atoms with Crippen LogP contribution in [0.25, 0.3) is 0 Å². The number of carbonyl (C=O) groups is 3. The molecule has 0 fully saturated rings. The van der Waals surface area contributed by atoms with Crippen molar-refractivity contribution in [3.05, 3.63) is 35.9 Å². The van der Waals surface area contributed by atoms with Gasteiger partial charge >= 0.3 is 5.97 Å². The molecule has 1 atom stereocenters. The molecule has 15 heavy (non-hydrogen) atoms. The van der Waals surface area contributed by atoms with Crippen LogP contribution in [0.15, 0.2) is 30.3 Å². The number of amides is 1. The summed E-state index contributed by atoms with van der Waals surface area (Å²) in [6.07, 6.45) is 0.194. The summed E-state index contributed by atoms with van der Waals surface area (Å²) in [7, 11) is 0. The molecule has 0 bridgehead atoms. The van der Waals surface area contributed by atoms with Crippen LogP contribution in [0.5, 0.6) is 0 Å². The zero-order valence-corrected chi connectivity index (χ0v) is 7.71. The number of hydrogen-bond acceptors (Lipinski definition) is 3. The van der Waals surface area contributed by atoms with Gasteiger partial charge in [0.15, 0.2) is 11.8 Å². The second-order valence-corrected chi connectivity index (χ2v) is 2.79. The van der Waals surface area contributed by atoms with Crippen molar-refractivity contribution >= 4 is 18.2 Å². The highest BCUT2D eigenvalue weighted by Gasteiger charge is 2.26. The average molecular weight is 207 g/mol. The first-order valence-electron chi connectivity index (χ1n) is 4.18. The summed E-state index contributed by atoms with van der Waals surface area (Å²) >= 11 is 0. The zero-order valence-electron chi connectivity index (χ0n) is 7.71. The van der Waals surface area contributed by atoms with E-state index >= 15 is 0 Å². The molecule has 0 aliphatic heterocycles. The van der Waals surface area contributed by atoms with Gasteiger partial charge in [-0.2, -0.15) is 0 Å². The van der Waals surface area contributed by atoms with E-state index in [1.165, 1.54) is 12.1 Å². The minimum absolute atomic E-state index is 0.194. The number of Topliss-reactive ketones (excluding diaryl/α,β-unsaturated/α-hetero) is 1. The summed E-state index contributed by atoms with van der Waals surface area (Å²) < 4.78 is 0. The van der Waals surface area contributed by atoms with Crippen molar-refractivity contribution in [3.63, 3.8) is 0 Å². The van der Waals surface area contributed by atoms with Gasteiger partial charge < -0.3 is 10.4 Å². The van der Waals surface area contributed by atoms with Crippen LogP contribution in [-0.4, -0.2) is 29.3 Å². The van der Waals surface area contributed by atoms with Crippen LogP contribution < -0.4 is 5.32 Å². The number of nitrogens with one attached hydrogen (secondary N) is 1. The molecule has 0 saturated heterocycles. The van der Waals surface area contributed by atoms with Crippen LogP contribution in [0.4, 0.5) is 0 Å². The van der Waals surface area contributed by atoms with Gasteiger partial charge in [0, 0.05) is 5.56 Å². The second kappa shape index (κ2) is 4.90. The highest BCUT2D eigenvalue weighted by molar-refractivity contribution is 6.12. The number of rotatable bonds is 5. The summed E-state index contributed by atoms with van der Waals surface area (Å²) in [6, 6.07) is 6.40. The normalized spacial score (nSPS) is 11.5. The van der Waals surface area contributed by atoms with E-state index in [4.69, 9.17) is 5.11 Å². The Labute approximate surface area is 85.7 Å². The Kier molecular flexibility index (Phi) is 3.56. The van der Waals surface area contributed by atoms with Gasteiger partial charge in [-0.3, -0.25) is 9.59 Å². The van der Waals surface area contributed by atoms with Crippen LogP contribution >= 0.6 is 0 Å². The second-order valence-electron chi connectivity index (χ2n) is 2.79. The molecule has 0 aliphatic carbocycles. The molecule has 1 aromatic carbocycles. The molecule has 78 valence electrons. The largest absolute Gasteiger partial charge is 0.479 e. The van der Waals surface area contributed by atoms with E-state index in [1.54, 1.807) is 18.2 Å². The van der Waals surface area contributed by atoms with E-state index in [1.807, 2.05) is 5.32 Å². The lowest BCUT2D eigenvalue weighted by molar-refractivity contribution is -0.139. The van der Waals surface area contributed by atoms with Crippen LogP contribution in [0, 0.1) is 0 Å². The molecule has 0 heterocycles. The summed E-state index contributed by atoms with van der Waals surface area (Å²) in [4.78, 5) is 32.4. The lowest BCUT2D eigenvalue weighted by Gasteiger charge is -2.09. The predicted octanol–water partition coefficient (Wildman–Crippen LogP) is 0.0685. The van der Waals surface area contributed by atoms with E-state index in [9.17, 15) is 14.4 Å². The van der Waals surface area contributed by atoms with E-state index in [0.29, 0.717) is 0 Å². The SMILES string of the molecule is O=CNC(C(=O)O)C(=O)c1ccccc1. The van der Waals surface area contributed by atoms with E-state index in [-0.39, 0.29) is 12.0 Å². The molecule has 5 nitrogen and oxygen atoms in total. The highest BCUT2D eigenvalue weighted by atomic mass is 16.4. The molecule has 0 spiro atoms. The van der Waals surface area contributed by atoms with Crippen molar-refractivity contribution in [2.24, 2.45) is 0 Å². The number of carboxylic acid groups (broad SMARTS) is 1. The van der Waals surface area contributed by atoms with Gasteiger partial charge in [0.1, 0.15) is 0 Å². The maximum Gasteiger partial charge on any atom is 0.334 e. The zero-order chi connectivity index (χ0) is 11.3. The fourth-order valence-electron chi connectivity index (χ4n) is 1.10. The molecule has 0 aliphatic rings. The molecule has 1 amide bonds. The Morgan fingerprint density at radius 3 is 2.33 bits per heavy atom. The molecule has 0 aromatic heterocycles. The summed E-state index contributed by atoms with van der Waals surface area (Å²) in [5, 5.41) is 10.6. The van der Waals surface area contributed by atoms with Crippen molar-refractivity contribution in [2.75, 3.05) is 0 Å². The fraction of sp³-hybridized carbons (Fsp3) is 0.100. The van der Waals surface area contributed by atoms with Crippen molar-refractivity contribution in [3.8, 4) is 0 Å². The third-order valence-electron chi connectivity index (χ3n) is 1.80. The number of ketones is 1. The molecule has 1 aromatic rings. The molecule has 1 rings (SSSR count). The van der Waals surface area contributed by atoms with Crippen molar-refractivity contribution < 1.29 is 19.5 Å². The monoisotopic (exact) mass is 207 g/mol. The standard InChI is InChI=1S/C10H9NO4/c12-6-11-8(10(14)15)9(13)7-4-2-1-3-5-7/h1-6,8H,(H,11,12)(H,14,15). The van der Waals surface area contributed by atoms with Gasteiger partial charge in [0.05, 0.1) is 0 Å². The van der Waals surface area contributed by atoms with Gasteiger partial charge in [0.2, 0.25) is 6.41 Å². The number of carbonyl (C=O) groups excluding carboxylic acids is 2. The number of carboxylic acids is 1. The minimum atomic E-state index is -1.52. The topological polar surface area (TPSA) is 83.5 Å². The molecular weight excluding hydrogens is 198 g/mol. The molecule has 5 heteroatoms. The first-order valence-corrected chi connectivity index (χ1v) is 4.18. The van der Waals surface area contributed by atoms with Gasteiger partial charge in [-0.25, -0.2) is 4.79 Å². The van der Waals surface area contributed by atoms with Gasteiger partial charge in [0.25, 0.3) is 0 Å². The van der Waals surface area contributed by atoms with E-state index in [0.717, 1.165) is 0 Å². The Morgan fingerprint density at radius 2 is 1.87 bits per heavy atom. The lowest BCUT2D eigenvalue weighted by Crippen LogP contribution is -2.42. The fourth-order valence-corrected chi connectivity index (χ4v) is 1.10. The van der Waals surface area contributed by atoms with E-state index in [2.05, 4.69) is 0 Å². The third-order valence-corrected chi connectivity index (χ3v) is 1.80. The molecule has 0 saturated carbocycles. The van der Waals surface area contributed by atoms with E-state index < -0.39 is 17.8 Å². The Morgan fingerprint density at radius 1 is 1.27 bits per heavy atom. The Balaban J connectivity index is 2.91. The lowest BCUT2D eigenvalue weighted by atomic mass is 10.0. The van der Waals surface area contributed by atoms with Crippen molar-refractivity contribution in [1.82, 2.24) is 5.32 Å². The highest BCUT2D eigenvalue weighted by Crippen LogP contribution is 2.03. The molecular formula is C10H9NO4. The molecule has 1 unspecified atom stereocenters. The Bertz CT molecular complexity index is 374. The van der Waals surface area contributed by atoms with Gasteiger partial charge in [-0.15, -0.1) is 0 Å². The van der Waals surface area contributed by atoms with Crippen molar-refractivity contribution in [2.45, 2.75) is 6.04 Å². The number of aliphatic carboxylic acids is 1.